The van der Waals surface area contributed by atoms with Gasteiger partial charge in [-0.3, -0.25) is 4.79 Å². The van der Waals surface area contributed by atoms with E-state index in [1.807, 2.05) is 23.1 Å². The van der Waals surface area contributed by atoms with Crippen LogP contribution in [0.2, 0.25) is 0 Å². The Morgan fingerprint density at radius 2 is 1.91 bits per heavy atom. The highest BCUT2D eigenvalue weighted by Crippen LogP contribution is 2.28. The fraction of sp³-hybridized carbons (Fsp3) is 0.529. The number of amides is 1. The topological polar surface area (TPSA) is 55.8 Å². The Kier molecular flexibility index (Phi) is 5.81. The monoisotopic (exact) mass is 305 g/mol. The number of piperidine rings is 1. The number of ether oxygens (including phenoxy) is 2. The third-order valence-electron chi connectivity index (χ3n) is 4.16. The van der Waals surface area contributed by atoms with E-state index in [0.29, 0.717) is 37.4 Å². The number of likely N-dealkylation sites (tertiary alicyclic amines) is 1. The molecule has 1 aromatic rings. The van der Waals surface area contributed by atoms with Crippen LogP contribution in [0.1, 0.15) is 24.8 Å². The van der Waals surface area contributed by atoms with Gasteiger partial charge in [0.25, 0.3) is 0 Å². The molecule has 1 heterocycles. The maximum absolute atomic E-state index is 12.2. The van der Waals surface area contributed by atoms with Crippen molar-refractivity contribution in [1.82, 2.24) is 4.90 Å². The van der Waals surface area contributed by atoms with Crippen molar-refractivity contribution in [3.63, 3.8) is 0 Å². The van der Waals surface area contributed by atoms with E-state index in [-0.39, 0.29) is 11.8 Å². The van der Waals surface area contributed by atoms with E-state index in [1.165, 1.54) is 0 Å². The van der Waals surface area contributed by atoms with Gasteiger partial charge >= 0.3 is 0 Å². The molecule has 0 radical (unpaired) electrons. The van der Waals surface area contributed by atoms with Gasteiger partial charge in [-0.2, -0.15) is 0 Å². The van der Waals surface area contributed by atoms with Gasteiger partial charge in [-0.25, -0.2) is 0 Å². The first-order valence-corrected chi connectivity index (χ1v) is 7.62. The average Bonchev–Trinajstić information content (AvgIpc) is 2.59. The molecule has 120 valence electrons. The number of methoxy groups -OCH3 is 2. The van der Waals surface area contributed by atoms with Crippen LogP contribution in [0.5, 0.6) is 11.5 Å². The lowest BCUT2D eigenvalue weighted by Gasteiger charge is -2.29. The SMILES string of the molecule is COc1ccc(CCC(=O)N2CCC(C=O)CC2)cc1OC. The number of hydrogen-bond acceptors (Lipinski definition) is 4. The number of aldehydes is 1. The second-order valence-electron chi connectivity index (χ2n) is 5.54. The molecule has 1 aliphatic rings. The normalized spacial score (nSPS) is 15.5. The molecule has 0 spiro atoms. The summed E-state index contributed by atoms with van der Waals surface area (Å²) in [6.07, 6.45) is 3.72. The number of benzene rings is 1. The second kappa shape index (κ2) is 7.82. The quantitative estimate of drug-likeness (QED) is 0.755. The van der Waals surface area contributed by atoms with E-state index in [4.69, 9.17) is 9.47 Å². The smallest absolute Gasteiger partial charge is 0.222 e. The van der Waals surface area contributed by atoms with E-state index in [0.717, 1.165) is 24.7 Å². The van der Waals surface area contributed by atoms with Crippen LogP contribution in [-0.2, 0) is 16.0 Å². The van der Waals surface area contributed by atoms with Crippen LogP contribution >= 0.6 is 0 Å². The van der Waals surface area contributed by atoms with Gasteiger partial charge in [0, 0.05) is 25.4 Å². The highest BCUT2D eigenvalue weighted by Gasteiger charge is 2.22. The molecule has 1 aliphatic heterocycles. The summed E-state index contributed by atoms with van der Waals surface area (Å²) in [5.41, 5.74) is 1.05. The molecule has 0 bridgehead atoms. The Morgan fingerprint density at radius 1 is 1.23 bits per heavy atom. The molecule has 0 saturated carbocycles. The molecule has 0 atom stereocenters. The van der Waals surface area contributed by atoms with Gasteiger partial charge in [0.15, 0.2) is 11.5 Å². The first-order chi connectivity index (χ1) is 10.7. The summed E-state index contributed by atoms with van der Waals surface area (Å²) in [5.74, 6) is 1.64. The van der Waals surface area contributed by atoms with E-state index < -0.39 is 0 Å². The molecule has 0 unspecified atom stereocenters. The summed E-state index contributed by atoms with van der Waals surface area (Å²) in [6, 6.07) is 5.71. The maximum atomic E-state index is 12.2. The largest absolute Gasteiger partial charge is 0.493 e. The van der Waals surface area contributed by atoms with Gasteiger partial charge in [0.1, 0.15) is 6.29 Å². The van der Waals surface area contributed by atoms with Crippen molar-refractivity contribution < 1.29 is 19.1 Å². The Hall–Kier alpha value is -2.04. The molecule has 1 fully saturated rings. The summed E-state index contributed by atoms with van der Waals surface area (Å²) in [7, 11) is 3.20. The van der Waals surface area contributed by atoms with Crippen molar-refractivity contribution >= 4 is 12.2 Å². The van der Waals surface area contributed by atoms with Gasteiger partial charge in [-0.1, -0.05) is 6.07 Å². The summed E-state index contributed by atoms with van der Waals surface area (Å²) < 4.78 is 10.5. The lowest BCUT2D eigenvalue weighted by atomic mass is 9.98. The number of rotatable bonds is 6. The summed E-state index contributed by atoms with van der Waals surface area (Å²) in [4.78, 5) is 24.8. The van der Waals surface area contributed by atoms with Crippen molar-refractivity contribution in [2.45, 2.75) is 25.7 Å². The molecule has 0 aromatic heterocycles. The van der Waals surface area contributed by atoms with E-state index in [1.54, 1.807) is 14.2 Å². The van der Waals surface area contributed by atoms with Crippen LogP contribution in [0.4, 0.5) is 0 Å². The average molecular weight is 305 g/mol. The molecule has 22 heavy (non-hydrogen) atoms. The van der Waals surface area contributed by atoms with Gasteiger partial charge in [0.05, 0.1) is 14.2 Å². The van der Waals surface area contributed by atoms with Gasteiger partial charge < -0.3 is 19.2 Å². The lowest BCUT2D eigenvalue weighted by Crippen LogP contribution is -2.38. The molecule has 5 nitrogen and oxygen atoms in total. The Labute approximate surface area is 131 Å². The molecule has 1 aromatic carbocycles. The standard InChI is InChI=1S/C17H23NO4/c1-21-15-5-3-13(11-16(15)22-2)4-6-17(20)18-9-7-14(12-19)8-10-18/h3,5,11-12,14H,4,6-10H2,1-2H3. The molecule has 0 N–H and O–H groups in total. The highest BCUT2D eigenvalue weighted by molar-refractivity contribution is 5.76. The minimum atomic E-state index is 0.120. The zero-order valence-corrected chi connectivity index (χ0v) is 13.2. The molecule has 5 heteroatoms. The molecule has 1 saturated heterocycles. The van der Waals surface area contributed by atoms with Crippen LogP contribution < -0.4 is 9.47 Å². The second-order valence-corrected chi connectivity index (χ2v) is 5.54. The molecular weight excluding hydrogens is 282 g/mol. The molecule has 2 rings (SSSR count). The summed E-state index contributed by atoms with van der Waals surface area (Å²) in [6.45, 7) is 1.38. The van der Waals surface area contributed by atoms with Gasteiger partial charge in [-0.05, 0) is 37.0 Å². The predicted octanol–water partition coefficient (Wildman–Crippen LogP) is 2.07. The number of carbonyl (C=O) groups is 2. The Morgan fingerprint density at radius 3 is 2.50 bits per heavy atom. The van der Waals surface area contributed by atoms with Crippen LogP contribution in [0.15, 0.2) is 18.2 Å². The lowest BCUT2D eigenvalue weighted by molar-refractivity contribution is -0.133. The van der Waals surface area contributed by atoms with Crippen LogP contribution in [-0.4, -0.2) is 44.4 Å². The van der Waals surface area contributed by atoms with Crippen molar-refractivity contribution in [1.29, 1.82) is 0 Å². The minimum Gasteiger partial charge on any atom is -0.493 e. The van der Waals surface area contributed by atoms with Crippen LogP contribution in [0.3, 0.4) is 0 Å². The maximum Gasteiger partial charge on any atom is 0.222 e. The van der Waals surface area contributed by atoms with Crippen LogP contribution in [0, 0.1) is 5.92 Å². The van der Waals surface area contributed by atoms with Crippen molar-refractivity contribution in [3.8, 4) is 11.5 Å². The third kappa shape index (κ3) is 4.00. The third-order valence-corrected chi connectivity index (χ3v) is 4.16. The van der Waals surface area contributed by atoms with Crippen molar-refractivity contribution in [2.75, 3.05) is 27.3 Å². The first-order valence-electron chi connectivity index (χ1n) is 7.62. The Balaban J connectivity index is 1.87. The summed E-state index contributed by atoms with van der Waals surface area (Å²) in [5, 5.41) is 0. The predicted molar refractivity (Wildman–Crippen MR) is 83.2 cm³/mol. The molecular formula is C17H23NO4. The van der Waals surface area contributed by atoms with E-state index in [2.05, 4.69) is 0 Å². The first kappa shape index (κ1) is 16.3. The van der Waals surface area contributed by atoms with Crippen molar-refractivity contribution in [2.24, 2.45) is 5.92 Å². The zero-order chi connectivity index (χ0) is 15.9. The Bertz CT molecular complexity index is 521. The van der Waals surface area contributed by atoms with E-state index >= 15 is 0 Å². The van der Waals surface area contributed by atoms with Crippen molar-refractivity contribution in [3.05, 3.63) is 23.8 Å². The highest BCUT2D eigenvalue weighted by atomic mass is 16.5. The van der Waals surface area contributed by atoms with Gasteiger partial charge in [-0.15, -0.1) is 0 Å². The number of carbonyl (C=O) groups excluding carboxylic acids is 2. The fourth-order valence-electron chi connectivity index (χ4n) is 2.73. The van der Waals surface area contributed by atoms with Crippen LogP contribution in [0.25, 0.3) is 0 Å². The summed E-state index contributed by atoms with van der Waals surface area (Å²) >= 11 is 0. The number of hydrogen-bond donors (Lipinski definition) is 0. The van der Waals surface area contributed by atoms with Gasteiger partial charge in [0.2, 0.25) is 5.91 Å². The molecule has 0 aliphatic carbocycles. The molecule has 1 amide bonds. The number of aryl methyl sites for hydroxylation is 1. The fourth-order valence-corrected chi connectivity index (χ4v) is 2.73. The zero-order valence-electron chi connectivity index (χ0n) is 13.2. The number of nitrogens with zero attached hydrogens (tertiary/aromatic N) is 1. The van der Waals surface area contributed by atoms with E-state index in [9.17, 15) is 9.59 Å². The minimum absolute atomic E-state index is 0.120.